The summed E-state index contributed by atoms with van der Waals surface area (Å²) in [5.41, 5.74) is 4.50. The zero-order valence-corrected chi connectivity index (χ0v) is 35.3. The second-order valence-electron chi connectivity index (χ2n) is 15.7. The van der Waals surface area contributed by atoms with E-state index in [1.54, 1.807) is 0 Å². The van der Waals surface area contributed by atoms with Gasteiger partial charge in [-0.15, -0.1) is 0 Å². The van der Waals surface area contributed by atoms with Crippen LogP contribution in [0.5, 0.6) is 11.5 Å². The molecule has 0 unspecified atom stereocenters. The van der Waals surface area contributed by atoms with Gasteiger partial charge >= 0.3 is 12.3 Å². The molecule has 0 aliphatic heterocycles. The Morgan fingerprint density at radius 1 is 0.397 bits per heavy atom. The minimum Gasteiger partial charge on any atom is -0.434 e. The Labute approximate surface area is 345 Å². The molecule has 0 saturated carbocycles. The maximum Gasteiger partial charge on any atom is 0.513 e. The van der Waals surface area contributed by atoms with Gasteiger partial charge in [0.15, 0.2) is 0 Å². The highest BCUT2D eigenvalue weighted by molar-refractivity contribution is 6.27. The Bertz CT molecular complexity index is 2140. The normalized spacial score (nSPS) is 11.4. The Hall–Kier alpha value is -5.10. The van der Waals surface area contributed by atoms with Crippen LogP contribution >= 0.6 is 0 Å². The molecule has 58 heavy (non-hydrogen) atoms. The van der Waals surface area contributed by atoms with Gasteiger partial charge in [-0.2, -0.15) is 0 Å². The molecular weight excluding hydrogens is 721 g/mol. The maximum atomic E-state index is 13.4. The molecule has 6 aromatic rings. The van der Waals surface area contributed by atoms with E-state index in [0.717, 1.165) is 118 Å². The SMILES string of the molecule is CCCCCCCCOC(=O)Oc1c2ccccc2c(-c2c3ccccc3c(OC(=O)OCCCCCCCC)c3ccc(CCC)cc23)c2cc(CCC)ccc12. The molecule has 0 N–H and O–H groups in total. The van der Waals surface area contributed by atoms with Crippen molar-refractivity contribution in [3.8, 4) is 22.6 Å². The summed E-state index contributed by atoms with van der Waals surface area (Å²) in [5.74, 6) is 0.998. The van der Waals surface area contributed by atoms with Crippen molar-refractivity contribution in [3.63, 3.8) is 0 Å². The highest BCUT2D eigenvalue weighted by atomic mass is 16.7. The average Bonchev–Trinajstić information content (AvgIpc) is 3.23. The van der Waals surface area contributed by atoms with Crippen LogP contribution in [0.25, 0.3) is 54.2 Å². The van der Waals surface area contributed by atoms with Gasteiger partial charge in [0.05, 0.1) is 13.2 Å². The van der Waals surface area contributed by atoms with Crippen molar-refractivity contribution in [2.24, 2.45) is 0 Å². The lowest BCUT2D eigenvalue weighted by atomic mass is 9.84. The Kier molecular flexibility index (Phi) is 15.8. The van der Waals surface area contributed by atoms with Crippen molar-refractivity contribution < 1.29 is 28.5 Å². The van der Waals surface area contributed by atoms with Gasteiger partial charge in [-0.25, -0.2) is 9.59 Å². The van der Waals surface area contributed by atoms with Crippen molar-refractivity contribution in [2.75, 3.05) is 13.2 Å². The van der Waals surface area contributed by atoms with Crippen LogP contribution in [-0.4, -0.2) is 25.5 Å². The monoisotopic (exact) mass is 782 g/mol. The number of carbonyl (C=O) groups excluding carboxylic acids is 2. The maximum absolute atomic E-state index is 13.4. The zero-order chi connectivity index (χ0) is 40.7. The smallest absolute Gasteiger partial charge is 0.434 e. The van der Waals surface area contributed by atoms with Gasteiger partial charge < -0.3 is 18.9 Å². The number of aryl methyl sites for hydroxylation is 2. The number of rotatable bonds is 21. The predicted octanol–water partition coefficient (Wildman–Crippen LogP) is 15.6. The lowest BCUT2D eigenvalue weighted by Crippen LogP contribution is -2.12. The first-order chi connectivity index (χ1) is 28.5. The van der Waals surface area contributed by atoms with Crippen LogP contribution in [0.1, 0.15) is 129 Å². The minimum atomic E-state index is -0.685. The molecule has 306 valence electrons. The summed E-state index contributed by atoms with van der Waals surface area (Å²) in [4.78, 5) is 26.7. The standard InChI is InChI=1S/C52H62O6/c1-5-9-11-13-15-21-33-55-51(53)57-49-41-27-19-17-25-39(41)47(45-35-37(23-7-3)29-31-43(45)49)48-40-26-18-20-28-42(40)50(44-32-30-38(24-8-4)36-46(44)48)58-52(54)56-34-22-16-14-12-10-6-2/h17-20,25-32,35-36H,5-16,21-24,33-34H2,1-4H3. The molecule has 0 radical (unpaired) electrons. The summed E-state index contributed by atoms with van der Waals surface area (Å²) in [5, 5.41) is 7.22. The lowest BCUT2D eigenvalue weighted by Gasteiger charge is -2.22. The molecular formula is C52H62O6. The summed E-state index contributed by atoms with van der Waals surface area (Å²) in [7, 11) is 0. The molecule has 0 aliphatic rings. The van der Waals surface area contributed by atoms with Gasteiger partial charge in [0.2, 0.25) is 0 Å². The van der Waals surface area contributed by atoms with Crippen molar-refractivity contribution in [1.29, 1.82) is 0 Å². The number of benzene rings is 6. The molecule has 6 rings (SSSR count). The van der Waals surface area contributed by atoms with E-state index in [9.17, 15) is 9.59 Å². The molecule has 6 aromatic carbocycles. The van der Waals surface area contributed by atoms with Crippen molar-refractivity contribution in [2.45, 2.75) is 130 Å². The van der Waals surface area contributed by atoms with E-state index in [0.29, 0.717) is 24.7 Å². The van der Waals surface area contributed by atoms with Gasteiger partial charge in [0.25, 0.3) is 0 Å². The van der Waals surface area contributed by atoms with Crippen LogP contribution in [0.3, 0.4) is 0 Å². The molecule has 0 fully saturated rings. The fourth-order valence-corrected chi connectivity index (χ4v) is 8.32. The molecule has 0 saturated heterocycles. The van der Waals surface area contributed by atoms with Crippen LogP contribution in [0.2, 0.25) is 0 Å². The minimum absolute atomic E-state index is 0.332. The molecule has 0 spiro atoms. The zero-order valence-electron chi connectivity index (χ0n) is 35.3. The van der Waals surface area contributed by atoms with Crippen molar-refractivity contribution >= 4 is 55.4 Å². The van der Waals surface area contributed by atoms with Gasteiger partial charge in [-0.3, -0.25) is 0 Å². The molecule has 0 aliphatic carbocycles. The fraction of sp³-hybridized carbons (Fsp3) is 0.423. The van der Waals surface area contributed by atoms with E-state index in [2.05, 4.69) is 76.2 Å². The molecule has 6 heteroatoms. The third-order valence-electron chi connectivity index (χ3n) is 11.2. The van der Waals surface area contributed by atoms with Crippen LogP contribution < -0.4 is 9.47 Å². The summed E-state index contributed by atoms with van der Waals surface area (Å²) in [6.07, 6.45) is 15.7. The van der Waals surface area contributed by atoms with E-state index < -0.39 is 12.3 Å². The summed E-state index contributed by atoms with van der Waals surface area (Å²) < 4.78 is 23.7. The highest BCUT2D eigenvalue weighted by Crippen LogP contribution is 2.50. The Morgan fingerprint density at radius 2 is 0.759 bits per heavy atom. The second kappa shape index (κ2) is 21.6. The van der Waals surface area contributed by atoms with E-state index in [-0.39, 0.29) is 0 Å². The second-order valence-corrected chi connectivity index (χ2v) is 15.7. The molecule has 0 aromatic heterocycles. The molecule has 0 bridgehead atoms. The quantitative estimate of drug-likeness (QED) is 0.0313. The van der Waals surface area contributed by atoms with Crippen LogP contribution in [0.4, 0.5) is 9.59 Å². The predicted molar refractivity (Wildman–Crippen MR) is 241 cm³/mol. The fourth-order valence-electron chi connectivity index (χ4n) is 8.32. The molecule has 6 nitrogen and oxygen atoms in total. The highest BCUT2D eigenvalue weighted by Gasteiger charge is 2.25. The number of carbonyl (C=O) groups is 2. The number of fused-ring (bicyclic) bond motifs is 4. The number of ether oxygens (including phenoxy) is 4. The largest absolute Gasteiger partial charge is 0.513 e. The third-order valence-corrected chi connectivity index (χ3v) is 11.2. The first kappa shape index (κ1) is 42.5. The summed E-state index contributed by atoms with van der Waals surface area (Å²) >= 11 is 0. The molecule has 0 heterocycles. The van der Waals surface area contributed by atoms with E-state index >= 15 is 0 Å². The molecule has 0 amide bonds. The van der Waals surface area contributed by atoms with E-state index in [1.807, 2.05) is 36.4 Å². The van der Waals surface area contributed by atoms with Gasteiger partial charge in [0.1, 0.15) is 11.5 Å². The van der Waals surface area contributed by atoms with Gasteiger partial charge in [-0.05, 0) is 69.5 Å². The Balaban J connectivity index is 1.49. The summed E-state index contributed by atoms with van der Waals surface area (Å²) in [6, 6.07) is 29.3. The van der Waals surface area contributed by atoms with Crippen LogP contribution in [0.15, 0.2) is 84.9 Å². The van der Waals surface area contributed by atoms with Gasteiger partial charge in [-0.1, -0.05) is 190 Å². The van der Waals surface area contributed by atoms with Crippen LogP contribution in [-0.2, 0) is 22.3 Å². The first-order valence-corrected chi connectivity index (χ1v) is 22.1. The van der Waals surface area contributed by atoms with Gasteiger partial charge in [0, 0.05) is 21.5 Å². The first-order valence-electron chi connectivity index (χ1n) is 22.1. The van der Waals surface area contributed by atoms with Crippen molar-refractivity contribution in [3.05, 3.63) is 96.1 Å². The summed E-state index contributed by atoms with van der Waals surface area (Å²) in [6.45, 7) is 9.46. The van der Waals surface area contributed by atoms with Crippen molar-refractivity contribution in [1.82, 2.24) is 0 Å². The van der Waals surface area contributed by atoms with E-state index in [4.69, 9.17) is 18.9 Å². The topological polar surface area (TPSA) is 71.1 Å². The average molecular weight is 783 g/mol. The Morgan fingerprint density at radius 3 is 1.16 bits per heavy atom. The number of unbranched alkanes of at least 4 members (excludes halogenated alkanes) is 10. The lowest BCUT2D eigenvalue weighted by molar-refractivity contribution is 0.0972. The van der Waals surface area contributed by atoms with E-state index in [1.165, 1.54) is 49.7 Å². The number of hydrogen-bond acceptors (Lipinski definition) is 6. The third kappa shape index (κ3) is 10.3. The van der Waals surface area contributed by atoms with Crippen LogP contribution in [0, 0.1) is 0 Å². The molecule has 0 atom stereocenters. The number of hydrogen-bond donors (Lipinski definition) is 0.